The highest BCUT2D eigenvalue weighted by atomic mass is 19.1. The Kier molecular flexibility index (Phi) is 4.20. The zero-order valence-electron chi connectivity index (χ0n) is 12.2. The molecule has 3 heteroatoms. The molecule has 0 radical (unpaired) electrons. The van der Waals surface area contributed by atoms with Gasteiger partial charge in [0, 0.05) is 12.5 Å². The molecule has 2 nitrogen and oxygen atoms in total. The molecule has 2 aromatic rings. The lowest BCUT2D eigenvalue weighted by molar-refractivity contribution is 0.166. The van der Waals surface area contributed by atoms with Gasteiger partial charge < -0.3 is 10.1 Å². The van der Waals surface area contributed by atoms with E-state index in [1.807, 2.05) is 6.07 Å². The number of halogens is 1. The molecule has 1 N–H and O–H groups in total. The average molecular weight is 285 g/mol. The smallest absolute Gasteiger partial charge is 0.126 e. The van der Waals surface area contributed by atoms with E-state index in [0.717, 1.165) is 19.4 Å². The van der Waals surface area contributed by atoms with Crippen LogP contribution in [-0.2, 0) is 6.42 Å². The summed E-state index contributed by atoms with van der Waals surface area (Å²) in [4.78, 5) is 0. The van der Waals surface area contributed by atoms with Crippen LogP contribution in [0.15, 0.2) is 48.5 Å². The Hall–Kier alpha value is -1.87. The maximum atomic E-state index is 13.3. The molecule has 0 heterocycles. The van der Waals surface area contributed by atoms with Crippen molar-refractivity contribution < 1.29 is 9.13 Å². The highest BCUT2D eigenvalue weighted by molar-refractivity contribution is 5.37. The third-order valence-electron chi connectivity index (χ3n) is 3.88. The van der Waals surface area contributed by atoms with Crippen LogP contribution in [0.1, 0.15) is 30.5 Å². The second-order valence-electron chi connectivity index (χ2n) is 5.45. The Bertz CT molecular complexity index is 614. The summed E-state index contributed by atoms with van der Waals surface area (Å²) in [5.74, 6) is 0.331. The normalized spacial score (nSPS) is 20.3. The van der Waals surface area contributed by atoms with Crippen molar-refractivity contribution in [2.24, 2.45) is 0 Å². The second-order valence-corrected chi connectivity index (χ2v) is 5.45. The van der Waals surface area contributed by atoms with E-state index in [1.165, 1.54) is 23.3 Å². The van der Waals surface area contributed by atoms with Crippen LogP contribution in [-0.4, -0.2) is 12.6 Å². The van der Waals surface area contributed by atoms with Gasteiger partial charge in [-0.05, 0) is 36.2 Å². The quantitative estimate of drug-likeness (QED) is 0.900. The Morgan fingerprint density at radius 3 is 2.86 bits per heavy atom. The van der Waals surface area contributed by atoms with Crippen molar-refractivity contribution in [1.82, 2.24) is 5.32 Å². The summed E-state index contributed by atoms with van der Waals surface area (Å²) in [5.41, 5.74) is 2.61. The number of nitrogens with one attached hydrogen (secondary N) is 1. The first-order chi connectivity index (χ1) is 10.3. The fourth-order valence-corrected chi connectivity index (χ4v) is 2.92. The van der Waals surface area contributed by atoms with E-state index in [1.54, 1.807) is 6.07 Å². The minimum Gasteiger partial charge on any atom is -0.488 e. The second kappa shape index (κ2) is 6.27. The molecule has 1 aliphatic rings. The van der Waals surface area contributed by atoms with E-state index < -0.39 is 0 Å². The van der Waals surface area contributed by atoms with E-state index in [2.05, 4.69) is 36.5 Å². The van der Waals surface area contributed by atoms with Crippen molar-refractivity contribution in [3.8, 4) is 5.75 Å². The lowest BCUT2D eigenvalue weighted by atomic mass is 10.1. The third kappa shape index (κ3) is 3.08. The largest absolute Gasteiger partial charge is 0.488 e. The summed E-state index contributed by atoms with van der Waals surface area (Å²) in [6.45, 7) is 3.10. The van der Waals surface area contributed by atoms with Crippen molar-refractivity contribution in [1.29, 1.82) is 0 Å². The van der Waals surface area contributed by atoms with Gasteiger partial charge in [-0.25, -0.2) is 4.39 Å². The molecule has 0 spiro atoms. The summed E-state index contributed by atoms with van der Waals surface area (Å²) in [6, 6.07) is 14.9. The molecule has 0 amide bonds. The summed E-state index contributed by atoms with van der Waals surface area (Å²) in [5, 5.41) is 3.55. The molecular weight excluding hydrogens is 265 g/mol. The molecule has 0 aromatic heterocycles. The molecule has 0 saturated carbocycles. The summed E-state index contributed by atoms with van der Waals surface area (Å²) in [7, 11) is 0. The van der Waals surface area contributed by atoms with Gasteiger partial charge in [0.15, 0.2) is 0 Å². The fraction of sp³-hybridized carbons (Fsp3) is 0.333. The lowest BCUT2D eigenvalue weighted by Gasteiger charge is -2.23. The predicted molar refractivity (Wildman–Crippen MR) is 82.0 cm³/mol. The SMILES string of the molecule is CCCNC1c2ccccc2CC1Oc1cccc(F)c1. The van der Waals surface area contributed by atoms with Crippen LogP contribution in [0.3, 0.4) is 0 Å². The molecule has 2 aromatic carbocycles. The monoisotopic (exact) mass is 285 g/mol. The Morgan fingerprint density at radius 2 is 2.05 bits per heavy atom. The molecule has 2 unspecified atom stereocenters. The van der Waals surface area contributed by atoms with Gasteiger partial charge in [-0.1, -0.05) is 37.3 Å². The zero-order valence-corrected chi connectivity index (χ0v) is 12.2. The first kappa shape index (κ1) is 14.1. The van der Waals surface area contributed by atoms with E-state index in [0.29, 0.717) is 5.75 Å². The summed E-state index contributed by atoms with van der Waals surface area (Å²) < 4.78 is 19.4. The zero-order chi connectivity index (χ0) is 14.7. The van der Waals surface area contributed by atoms with Gasteiger partial charge >= 0.3 is 0 Å². The summed E-state index contributed by atoms with van der Waals surface area (Å²) in [6.07, 6.45) is 1.94. The fourth-order valence-electron chi connectivity index (χ4n) is 2.92. The molecule has 0 bridgehead atoms. The van der Waals surface area contributed by atoms with Crippen LogP contribution >= 0.6 is 0 Å². The number of hydrogen-bond donors (Lipinski definition) is 1. The minimum absolute atomic E-state index is 0.00995. The maximum absolute atomic E-state index is 13.3. The van der Waals surface area contributed by atoms with Crippen molar-refractivity contribution in [3.63, 3.8) is 0 Å². The van der Waals surface area contributed by atoms with Crippen LogP contribution in [0.4, 0.5) is 4.39 Å². The highest BCUT2D eigenvalue weighted by Gasteiger charge is 2.33. The molecule has 3 rings (SSSR count). The van der Waals surface area contributed by atoms with Crippen LogP contribution in [0.2, 0.25) is 0 Å². The molecule has 0 aliphatic heterocycles. The first-order valence-corrected chi connectivity index (χ1v) is 7.51. The first-order valence-electron chi connectivity index (χ1n) is 7.51. The highest BCUT2D eigenvalue weighted by Crippen LogP contribution is 2.34. The van der Waals surface area contributed by atoms with E-state index in [-0.39, 0.29) is 18.0 Å². The van der Waals surface area contributed by atoms with Gasteiger partial charge in [-0.3, -0.25) is 0 Å². The van der Waals surface area contributed by atoms with Gasteiger partial charge in [0.1, 0.15) is 17.7 Å². The van der Waals surface area contributed by atoms with Crippen LogP contribution in [0, 0.1) is 5.82 Å². The van der Waals surface area contributed by atoms with Gasteiger partial charge in [-0.2, -0.15) is 0 Å². The van der Waals surface area contributed by atoms with Crippen molar-refractivity contribution in [2.75, 3.05) is 6.54 Å². The Balaban J connectivity index is 1.81. The molecule has 0 saturated heterocycles. The number of benzene rings is 2. The van der Waals surface area contributed by atoms with Crippen molar-refractivity contribution in [3.05, 3.63) is 65.5 Å². The van der Waals surface area contributed by atoms with Crippen molar-refractivity contribution >= 4 is 0 Å². The van der Waals surface area contributed by atoms with Crippen LogP contribution < -0.4 is 10.1 Å². The Labute approximate surface area is 125 Å². The molecule has 110 valence electrons. The molecular formula is C18H20FNO. The molecule has 21 heavy (non-hydrogen) atoms. The summed E-state index contributed by atoms with van der Waals surface area (Å²) >= 11 is 0. The number of hydrogen-bond acceptors (Lipinski definition) is 2. The van der Waals surface area contributed by atoms with Crippen LogP contribution in [0.25, 0.3) is 0 Å². The third-order valence-corrected chi connectivity index (χ3v) is 3.88. The van der Waals surface area contributed by atoms with Gasteiger partial charge in [0.05, 0.1) is 6.04 Å². The standard InChI is InChI=1S/C18H20FNO/c1-2-10-20-18-16-9-4-3-6-13(16)11-17(18)21-15-8-5-7-14(19)12-15/h3-9,12,17-18,20H,2,10-11H2,1H3. The van der Waals surface area contributed by atoms with Crippen LogP contribution in [0.5, 0.6) is 5.75 Å². The maximum Gasteiger partial charge on any atom is 0.126 e. The van der Waals surface area contributed by atoms with Gasteiger partial charge in [-0.15, -0.1) is 0 Å². The molecule has 1 aliphatic carbocycles. The number of ether oxygens (including phenoxy) is 1. The van der Waals surface area contributed by atoms with Gasteiger partial charge in [0.25, 0.3) is 0 Å². The van der Waals surface area contributed by atoms with E-state index in [9.17, 15) is 4.39 Å². The Morgan fingerprint density at radius 1 is 1.19 bits per heavy atom. The topological polar surface area (TPSA) is 21.3 Å². The van der Waals surface area contributed by atoms with Crippen molar-refractivity contribution in [2.45, 2.75) is 31.9 Å². The van der Waals surface area contributed by atoms with E-state index in [4.69, 9.17) is 4.74 Å². The van der Waals surface area contributed by atoms with Gasteiger partial charge in [0.2, 0.25) is 0 Å². The predicted octanol–water partition coefficient (Wildman–Crippen LogP) is 3.87. The number of rotatable bonds is 5. The van der Waals surface area contributed by atoms with E-state index >= 15 is 0 Å². The lowest BCUT2D eigenvalue weighted by Crippen LogP contribution is -2.33. The number of fused-ring (bicyclic) bond motifs is 1. The molecule has 2 atom stereocenters. The average Bonchev–Trinajstić information content (AvgIpc) is 2.82. The minimum atomic E-state index is -0.263. The molecule has 0 fully saturated rings.